The van der Waals surface area contributed by atoms with Gasteiger partial charge in [-0.05, 0) is 18.2 Å². The van der Waals surface area contributed by atoms with Crippen LogP contribution in [0.3, 0.4) is 0 Å². The molecule has 0 saturated carbocycles. The minimum atomic E-state index is 0.400. The van der Waals surface area contributed by atoms with Crippen LogP contribution >= 0.6 is 0 Å². The topological polar surface area (TPSA) is 49.6 Å². The van der Waals surface area contributed by atoms with Crippen molar-refractivity contribution in [1.82, 2.24) is 9.97 Å². The number of hydrogen-bond acceptors (Lipinski definition) is 3. The minimum Gasteiger partial charge on any atom is -0.256 e. The van der Waals surface area contributed by atoms with E-state index in [4.69, 9.17) is 5.26 Å². The lowest BCUT2D eigenvalue weighted by molar-refractivity contribution is 1.25. The lowest BCUT2D eigenvalue weighted by atomic mass is 10.1. The van der Waals surface area contributed by atoms with Crippen LogP contribution in [0.25, 0.3) is 11.3 Å². The largest absolute Gasteiger partial charge is 0.256 e. The Labute approximate surface area is 81.7 Å². The lowest BCUT2D eigenvalue weighted by Crippen LogP contribution is -1.85. The smallest absolute Gasteiger partial charge is 0.141 e. The highest BCUT2D eigenvalue weighted by Crippen LogP contribution is 2.15. The van der Waals surface area contributed by atoms with Crippen LogP contribution in [0.2, 0.25) is 0 Å². The molecule has 0 bridgehead atoms. The second-order valence-corrected chi connectivity index (χ2v) is 2.68. The molecule has 0 aliphatic carbocycles. The molecule has 0 amide bonds. The first-order valence-electron chi connectivity index (χ1n) is 4.09. The molecule has 0 atom stereocenters. The summed E-state index contributed by atoms with van der Waals surface area (Å²) in [7, 11) is 0. The van der Waals surface area contributed by atoms with E-state index in [0.717, 1.165) is 11.3 Å². The third kappa shape index (κ3) is 1.59. The quantitative estimate of drug-likeness (QED) is 0.672. The molecular formula is C11H6N3. The van der Waals surface area contributed by atoms with Crippen molar-refractivity contribution >= 4 is 0 Å². The molecule has 2 heterocycles. The van der Waals surface area contributed by atoms with Crippen LogP contribution in [0.15, 0.2) is 36.7 Å². The molecule has 0 spiro atoms. The summed E-state index contributed by atoms with van der Waals surface area (Å²) in [5, 5.41) is 8.67. The molecule has 2 aromatic rings. The van der Waals surface area contributed by atoms with Crippen LogP contribution in [0, 0.1) is 17.4 Å². The Bertz CT molecular complexity index is 471. The molecule has 1 radical (unpaired) electrons. The summed E-state index contributed by atoms with van der Waals surface area (Å²) in [6.45, 7) is 0. The summed E-state index contributed by atoms with van der Waals surface area (Å²) in [4.78, 5) is 8.02. The monoisotopic (exact) mass is 180 g/mol. The summed E-state index contributed by atoms with van der Waals surface area (Å²) >= 11 is 0. The maximum absolute atomic E-state index is 8.67. The normalized spacial score (nSPS) is 9.36. The summed E-state index contributed by atoms with van der Waals surface area (Å²) in [6, 6.07) is 12.0. The number of nitriles is 1. The van der Waals surface area contributed by atoms with Gasteiger partial charge in [-0.1, -0.05) is 6.07 Å². The van der Waals surface area contributed by atoms with Gasteiger partial charge in [0, 0.05) is 24.0 Å². The highest BCUT2D eigenvalue weighted by Gasteiger charge is 1.99. The van der Waals surface area contributed by atoms with E-state index in [1.54, 1.807) is 24.5 Å². The van der Waals surface area contributed by atoms with Gasteiger partial charge in [0.25, 0.3) is 0 Å². The van der Waals surface area contributed by atoms with Gasteiger partial charge in [0.2, 0.25) is 0 Å². The van der Waals surface area contributed by atoms with E-state index in [1.807, 2.05) is 18.2 Å². The number of rotatable bonds is 1. The zero-order chi connectivity index (χ0) is 9.80. The van der Waals surface area contributed by atoms with Crippen LogP contribution in [0.4, 0.5) is 0 Å². The van der Waals surface area contributed by atoms with E-state index >= 15 is 0 Å². The molecule has 0 fully saturated rings. The number of pyridine rings is 2. The zero-order valence-corrected chi connectivity index (χ0v) is 7.31. The molecule has 2 rings (SSSR count). The Morgan fingerprint density at radius 1 is 1.29 bits per heavy atom. The van der Waals surface area contributed by atoms with Crippen LogP contribution in [-0.4, -0.2) is 9.97 Å². The molecule has 0 saturated heterocycles. The predicted octanol–water partition coefficient (Wildman–Crippen LogP) is 1.82. The van der Waals surface area contributed by atoms with Crippen LogP contribution in [0.5, 0.6) is 0 Å². The summed E-state index contributed by atoms with van der Waals surface area (Å²) < 4.78 is 0. The number of nitrogens with zero attached hydrogens (tertiary/aromatic N) is 3. The third-order valence-corrected chi connectivity index (χ3v) is 1.79. The summed E-state index contributed by atoms with van der Waals surface area (Å²) in [6.07, 6.45) is 3.20. The van der Waals surface area contributed by atoms with Crippen LogP contribution in [0.1, 0.15) is 5.69 Å². The van der Waals surface area contributed by atoms with Crippen LogP contribution < -0.4 is 0 Å². The van der Waals surface area contributed by atoms with Crippen molar-refractivity contribution in [2.45, 2.75) is 0 Å². The number of hydrogen-bond donors (Lipinski definition) is 0. The van der Waals surface area contributed by atoms with Gasteiger partial charge in [0.05, 0.1) is 5.69 Å². The Morgan fingerprint density at radius 2 is 2.21 bits per heavy atom. The Balaban J connectivity index is 2.49. The molecular weight excluding hydrogens is 174 g/mol. The second-order valence-electron chi connectivity index (χ2n) is 2.68. The molecule has 3 heteroatoms. The first-order valence-corrected chi connectivity index (χ1v) is 4.09. The highest BCUT2D eigenvalue weighted by atomic mass is 14.7. The zero-order valence-electron chi connectivity index (χ0n) is 7.31. The van der Waals surface area contributed by atoms with Gasteiger partial charge in [-0.2, -0.15) is 5.26 Å². The Morgan fingerprint density at radius 3 is 2.93 bits per heavy atom. The Hall–Kier alpha value is -2.21. The summed E-state index contributed by atoms with van der Waals surface area (Å²) in [5.74, 6) is 0. The molecule has 0 aliphatic rings. The van der Waals surface area contributed by atoms with E-state index in [-0.39, 0.29) is 0 Å². The van der Waals surface area contributed by atoms with E-state index in [2.05, 4.69) is 16.0 Å². The Kier molecular flexibility index (Phi) is 2.20. The van der Waals surface area contributed by atoms with Crippen molar-refractivity contribution < 1.29 is 0 Å². The molecule has 2 aromatic heterocycles. The van der Waals surface area contributed by atoms with Crippen molar-refractivity contribution in [3.63, 3.8) is 0 Å². The van der Waals surface area contributed by atoms with Gasteiger partial charge in [-0.15, -0.1) is 0 Å². The van der Waals surface area contributed by atoms with E-state index in [1.165, 1.54) is 0 Å². The molecule has 65 valence electrons. The van der Waals surface area contributed by atoms with Crippen molar-refractivity contribution in [2.75, 3.05) is 0 Å². The van der Waals surface area contributed by atoms with Gasteiger partial charge in [-0.25, -0.2) is 4.98 Å². The fourth-order valence-electron chi connectivity index (χ4n) is 1.14. The fourth-order valence-corrected chi connectivity index (χ4v) is 1.14. The van der Waals surface area contributed by atoms with Crippen molar-refractivity contribution in [3.8, 4) is 17.3 Å². The standard InChI is InChI=1S/C11H6N3/c12-8-10-7-9(4-6-13-10)11-3-1-2-5-14-11/h1,3-7H. The average molecular weight is 180 g/mol. The van der Waals surface area contributed by atoms with Gasteiger partial charge in [-0.3, -0.25) is 4.98 Å². The SMILES string of the molecule is N#Cc1cc(-c2cc[c]cn2)ccn1. The first kappa shape index (κ1) is 8.39. The maximum atomic E-state index is 8.67. The molecule has 14 heavy (non-hydrogen) atoms. The first-order chi connectivity index (χ1) is 6.90. The predicted molar refractivity (Wildman–Crippen MR) is 51.0 cm³/mol. The third-order valence-electron chi connectivity index (χ3n) is 1.79. The summed E-state index contributed by atoms with van der Waals surface area (Å²) in [5.41, 5.74) is 2.12. The van der Waals surface area contributed by atoms with Gasteiger partial charge < -0.3 is 0 Å². The van der Waals surface area contributed by atoms with E-state index in [9.17, 15) is 0 Å². The van der Waals surface area contributed by atoms with Crippen molar-refractivity contribution in [1.29, 1.82) is 5.26 Å². The molecule has 0 aromatic carbocycles. The fraction of sp³-hybridized carbons (Fsp3) is 0. The lowest BCUT2D eigenvalue weighted by Gasteiger charge is -1.98. The van der Waals surface area contributed by atoms with E-state index < -0.39 is 0 Å². The van der Waals surface area contributed by atoms with Gasteiger partial charge >= 0.3 is 0 Å². The minimum absolute atomic E-state index is 0.400. The molecule has 3 nitrogen and oxygen atoms in total. The maximum Gasteiger partial charge on any atom is 0.141 e. The highest BCUT2D eigenvalue weighted by molar-refractivity contribution is 5.59. The van der Waals surface area contributed by atoms with Crippen molar-refractivity contribution in [2.24, 2.45) is 0 Å². The number of aromatic nitrogens is 2. The molecule has 0 aliphatic heterocycles. The van der Waals surface area contributed by atoms with Crippen LogP contribution in [-0.2, 0) is 0 Å². The van der Waals surface area contributed by atoms with Gasteiger partial charge in [0.1, 0.15) is 11.8 Å². The van der Waals surface area contributed by atoms with Crippen molar-refractivity contribution in [3.05, 3.63) is 48.4 Å². The average Bonchev–Trinajstić information content (AvgIpc) is 2.30. The van der Waals surface area contributed by atoms with E-state index in [0.29, 0.717) is 5.69 Å². The second kappa shape index (κ2) is 3.67. The molecule has 0 N–H and O–H groups in total. The van der Waals surface area contributed by atoms with Gasteiger partial charge in [0.15, 0.2) is 0 Å². The molecule has 0 unspecified atom stereocenters.